The molecule has 4 nitrogen and oxygen atoms in total. The number of carbonyl (C=O) groups is 1. The van der Waals surface area contributed by atoms with Crippen molar-refractivity contribution in [2.45, 2.75) is 32.4 Å². The molecule has 0 spiro atoms. The van der Waals surface area contributed by atoms with E-state index < -0.39 is 0 Å². The molecule has 132 valence electrons. The van der Waals surface area contributed by atoms with E-state index >= 15 is 0 Å². The Bertz CT molecular complexity index is 663. The van der Waals surface area contributed by atoms with Gasteiger partial charge in [0, 0.05) is 31.7 Å². The summed E-state index contributed by atoms with van der Waals surface area (Å²) in [5.74, 6) is -0.0396. The van der Waals surface area contributed by atoms with E-state index in [1.165, 1.54) is 44.0 Å². The van der Waals surface area contributed by atoms with Crippen LogP contribution in [0, 0.1) is 0 Å². The molecule has 1 unspecified atom stereocenters. The van der Waals surface area contributed by atoms with Crippen LogP contribution in [0.1, 0.15) is 36.9 Å². The van der Waals surface area contributed by atoms with Crippen molar-refractivity contribution in [3.63, 3.8) is 0 Å². The maximum atomic E-state index is 11.1. The van der Waals surface area contributed by atoms with Crippen molar-refractivity contribution < 1.29 is 4.79 Å². The molecule has 4 heteroatoms. The predicted molar refractivity (Wildman–Crippen MR) is 102 cm³/mol. The SMILES string of the molecule is CC(=O)Nc1ccc(CNCC(c2ccccc2)N2CCCC2)cc1. The molecular weight excluding hydrogens is 310 g/mol. The molecule has 25 heavy (non-hydrogen) atoms. The van der Waals surface area contributed by atoms with E-state index in [0.717, 1.165) is 18.8 Å². The Morgan fingerprint density at radius 3 is 2.36 bits per heavy atom. The summed E-state index contributed by atoms with van der Waals surface area (Å²) in [6.07, 6.45) is 2.60. The van der Waals surface area contributed by atoms with Gasteiger partial charge in [-0.2, -0.15) is 0 Å². The van der Waals surface area contributed by atoms with Gasteiger partial charge in [0.1, 0.15) is 0 Å². The monoisotopic (exact) mass is 337 g/mol. The molecule has 1 atom stereocenters. The van der Waals surface area contributed by atoms with Crippen molar-refractivity contribution in [3.8, 4) is 0 Å². The Hall–Kier alpha value is -2.17. The molecule has 1 aliphatic rings. The molecule has 1 fully saturated rings. The van der Waals surface area contributed by atoms with Gasteiger partial charge in [0.05, 0.1) is 0 Å². The van der Waals surface area contributed by atoms with Gasteiger partial charge in [0.25, 0.3) is 0 Å². The minimum absolute atomic E-state index is 0.0396. The largest absolute Gasteiger partial charge is 0.326 e. The van der Waals surface area contributed by atoms with Gasteiger partial charge in [-0.15, -0.1) is 0 Å². The fraction of sp³-hybridized carbons (Fsp3) is 0.381. The van der Waals surface area contributed by atoms with Gasteiger partial charge in [-0.1, -0.05) is 42.5 Å². The lowest BCUT2D eigenvalue weighted by Crippen LogP contribution is -2.34. The normalized spacial score (nSPS) is 15.9. The molecule has 2 N–H and O–H groups in total. The lowest BCUT2D eigenvalue weighted by atomic mass is 10.1. The molecule has 2 aromatic carbocycles. The van der Waals surface area contributed by atoms with E-state index in [1.807, 2.05) is 12.1 Å². The number of nitrogens with one attached hydrogen (secondary N) is 2. The first kappa shape index (κ1) is 17.6. The van der Waals surface area contributed by atoms with Crippen molar-refractivity contribution in [1.82, 2.24) is 10.2 Å². The number of amides is 1. The predicted octanol–water partition coefficient (Wildman–Crippen LogP) is 3.57. The van der Waals surface area contributed by atoms with Crippen molar-refractivity contribution in [2.24, 2.45) is 0 Å². The smallest absolute Gasteiger partial charge is 0.221 e. The quantitative estimate of drug-likeness (QED) is 0.812. The summed E-state index contributed by atoms with van der Waals surface area (Å²) >= 11 is 0. The van der Waals surface area contributed by atoms with Crippen LogP contribution in [0.15, 0.2) is 54.6 Å². The Morgan fingerprint density at radius 2 is 1.72 bits per heavy atom. The standard InChI is InChI=1S/C21H27N3O/c1-17(25)23-20-11-9-18(10-12-20)15-22-16-21(24-13-5-6-14-24)19-7-3-2-4-8-19/h2-4,7-12,21-22H,5-6,13-16H2,1H3,(H,23,25). The molecule has 0 aliphatic carbocycles. The Morgan fingerprint density at radius 1 is 1.04 bits per heavy atom. The van der Waals surface area contributed by atoms with E-state index in [2.05, 4.69) is 58.0 Å². The molecule has 0 radical (unpaired) electrons. The lowest BCUT2D eigenvalue weighted by molar-refractivity contribution is -0.114. The van der Waals surface area contributed by atoms with Gasteiger partial charge in [-0.05, 0) is 49.2 Å². The fourth-order valence-corrected chi connectivity index (χ4v) is 3.45. The summed E-state index contributed by atoms with van der Waals surface area (Å²) in [5.41, 5.74) is 3.45. The zero-order valence-corrected chi connectivity index (χ0v) is 14.9. The van der Waals surface area contributed by atoms with E-state index in [9.17, 15) is 4.79 Å². The van der Waals surface area contributed by atoms with Crippen LogP contribution in [0.25, 0.3) is 0 Å². The summed E-state index contributed by atoms with van der Waals surface area (Å²) in [4.78, 5) is 13.7. The van der Waals surface area contributed by atoms with Crippen LogP contribution in [-0.2, 0) is 11.3 Å². The molecule has 1 heterocycles. The average Bonchev–Trinajstić information content (AvgIpc) is 3.15. The van der Waals surface area contributed by atoms with Crippen LogP contribution in [0.5, 0.6) is 0 Å². The van der Waals surface area contributed by atoms with Gasteiger partial charge >= 0.3 is 0 Å². The number of carbonyl (C=O) groups excluding carboxylic acids is 1. The van der Waals surface area contributed by atoms with Crippen LogP contribution in [0.3, 0.4) is 0 Å². The van der Waals surface area contributed by atoms with Crippen molar-refractivity contribution in [2.75, 3.05) is 25.0 Å². The minimum atomic E-state index is -0.0396. The topological polar surface area (TPSA) is 44.4 Å². The van der Waals surface area contributed by atoms with E-state index in [1.54, 1.807) is 0 Å². The third-order valence-corrected chi connectivity index (χ3v) is 4.71. The highest BCUT2D eigenvalue weighted by Crippen LogP contribution is 2.24. The van der Waals surface area contributed by atoms with Crippen molar-refractivity contribution in [1.29, 1.82) is 0 Å². The highest BCUT2D eigenvalue weighted by atomic mass is 16.1. The first-order chi connectivity index (χ1) is 12.2. The van der Waals surface area contributed by atoms with E-state index in [0.29, 0.717) is 6.04 Å². The number of hydrogen-bond acceptors (Lipinski definition) is 3. The van der Waals surface area contributed by atoms with Gasteiger partial charge in [0.15, 0.2) is 0 Å². The maximum Gasteiger partial charge on any atom is 0.221 e. The first-order valence-corrected chi connectivity index (χ1v) is 9.08. The molecule has 3 rings (SSSR count). The number of anilines is 1. The summed E-state index contributed by atoms with van der Waals surface area (Å²) in [6.45, 7) is 5.67. The highest BCUT2D eigenvalue weighted by molar-refractivity contribution is 5.88. The molecular formula is C21H27N3O. The van der Waals surface area contributed by atoms with E-state index in [-0.39, 0.29) is 5.91 Å². The number of hydrogen-bond donors (Lipinski definition) is 2. The van der Waals surface area contributed by atoms with Crippen LogP contribution >= 0.6 is 0 Å². The summed E-state index contributed by atoms with van der Waals surface area (Å²) in [5, 5.41) is 6.41. The number of benzene rings is 2. The van der Waals surface area contributed by atoms with Gasteiger partial charge in [0.2, 0.25) is 5.91 Å². The molecule has 1 saturated heterocycles. The zero-order chi connectivity index (χ0) is 17.5. The highest BCUT2D eigenvalue weighted by Gasteiger charge is 2.22. The van der Waals surface area contributed by atoms with Crippen LogP contribution in [0.2, 0.25) is 0 Å². The second kappa shape index (κ2) is 8.79. The van der Waals surface area contributed by atoms with Crippen LogP contribution < -0.4 is 10.6 Å². The van der Waals surface area contributed by atoms with E-state index in [4.69, 9.17) is 0 Å². The molecule has 0 bridgehead atoms. The molecule has 1 aliphatic heterocycles. The van der Waals surface area contributed by atoms with Gasteiger partial charge < -0.3 is 10.6 Å². The summed E-state index contributed by atoms with van der Waals surface area (Å²) in [6, 6.07) is 19.2. The summed E-state index contributed by atoms with van der Waals surface area (Å²) < 4.78 is 0. The number of likely N-dealkylation sites (tertiary alicyclic amines) is 1. The van der Waals surface area contributed by atoms with Gasteiger partial charge in [-0.25, -0.2) is 0 Å². The van der Waals surface area contributed by atoms with Gasteiger partial charge in [-0.3, -0.25) is 9.69 Å². The fourth-order valence-electron chi connectivity index (χ4n) is 3.45. The molecule has 1 amide bonds. The first-order valence-electron chi connectivity index (χ1n) is 9.08. The number of nitrogens with zero attached hydrogens (tertiary/aromatic N) is 1. The minimum Gasteiger partial charge on any atom is -0.326 e. The Labute approximate surface area is 150 Å². The van der Waals surface area contributed by atoms with Crippen molar-refractivity contribution >= 4 is 11.6 Å². The molecule has 0 saturated carbocycles. The third kappa shape index (κ3) is 5.15. The van der Waals surface area contributed by atoms with Crippen molar-refractivity contribution in [3.05, 3.63) is 65.7 Å². The third-order valence-electron chi connectivity index (χ3n) is 4.71. The second-order valence-electron chi connectivity index (χ2n) is 6.68. The maximum absolute atomic E-state index is 11.1. The Balaban J connectivity index is 1.57. The second-order valence-corrected chi connectivity index (χ2v) is 6.68. The Kier molecular flexibility index (Phi) is 6.20. The zero-order valence-electron chi connectivity index (χ0n) is 14.9. The lowest BCUT2D eigenvalue weighted by Gasteiger charge is -2.28. The van der Waals surface area contributed by atoms with Crippen LogP contribution in [-0.4, -0.2) is 30.4 Å². The molecule has 0 aromatic heterocycles. The number of rotatable bonds is 7. The summed E-state index contributed by atoms with van der Waals surface area (Å²) in [7, 11) is 0. The molecule has 2 aromatic rings. The average molecular weight is 337 g/mol. The van der Waals surface area contributed by atoms with Crippen LogP contribution in [0.4, 0.5) is 5.69 Å².